The molecule has 0 unspecified atom stereocenters. The molecule has 0 aromatic heterocycles. The lowest BCUT2D eigenvalue weighted by Crippen LogP contribution is -2.07. The molecule has 12 heavy (non-hydrogen) atoms. The van der Waals surface area contributed by atoms with Crippen molar-refractivity contribution in [1.29, 1.82) is 0 Å². The van der Waals surface area contributed by atoms with Gasteiger partial charge in [-0.1, -0.05) is 6.07 Å². The summed E-state index contributed by atoms with van der Waals surface area (Å²) in [6.45, 7) is 3.86. The maximum atomic E-state index is 13.1. The molecule has 0 aliphatic heterocycles. The zero-order valence-corrected chi connectivity index (χ0v) is 7.19. The molecule has 3 heteroatoms. The van der Waals surface area contributed by atoms with Crippen molar-refractivity contribution in [1.82, 2.24) is 5.48 Å². The Bertz CT molecular complexity index is 263. The fourth-order valence-corrected chi connectivity index (χ4v) is 1.08. The molecule has 0 heterocycles. The van der Waals surface area contributed by atoms with E-state index < -0.39 is 0 Å². The summed E-state index contributed by atoms with van der Waals surface area (Å²) >= 11 is 0. The van der Waals surface area contributed by atoms with Gasteiger partial charge >= 0.3 is 0 Å². The number of hydrogen-bond donors (Lipinski definition) is 2. The standard InChI is InChI=1S/C9H12FNO/c1-6-3-8(5-11-12)4-9(10)7(6)2/h3-4,11-12H,5H2,1-2H3. The van der Waals surface area contributed by atoms with E-state index in [1.54, 1.807) is 6.92 Å². The van der Waals surface area contributed by atoms with Gasteiger partial charge in [-0.2, -0.15) is 0 Å². The van der Waals surface area contributed by atoms with Crippen LogP contribution in [0.15, 0.2) is 12.1 Å². The zero-order chi connectivity index (χ0) is 9.14. The zero-order valence-electron chi connectivity index (χ0n) is 7.19. The smallest absolute Gasteiger partial charge is 0.126 e. The summed E-state index contributed by atoms with van der Waals surface area (Å²) < 4.78 is 13.1. The lowest BCUT2D eigenvalue weighted by molar-refractivity contribution is 0.161. The molecule has 0 radical (unpaired) electrons. The van der Waals surface area contributed by atoms with Crippen molar-refractivity contribution in [3.05, 3.63) is 34.6 Å². The van der Waals surface area contributed by atoms with Crippen molar-refractivity contribution in [2.45, 2.75) is 20.4 Å². The van der Waals surface area contributed by atoms with E-state index in [0.717, 1.165) is 11.1 Å². The topological polar surface area (TPSA) is 32.3 Å². The van der Waals surface area contributed by atoms with E-state index in [4.69, 9.17) is 5.21 Å². The Labute approximate surface area is 71.0 Å². The lowest BCUT2D eigenvalue weighted by atomic mass is 10.1. The Morgan fingerprint density at radius 3 is 2.58 bits per heavy atom. The fraction of sp³-hybridized carbons (Fsp3) is 0.333. The molecule has 1 rings (SSSR count). The molecule has 0 bridgehead atoms. The molecule has 0 saturated carbocycles. The molecule has 2 N–H and O–H groups in total. The molecule has 0 saturated heterocycles. The first-order valence-electron chi connectivity index (χ1n) is 3.77. The second kappa shape index (κ2) is 3.65. The number of aryl methyl sites for hydroxylation is 1. The van der Waals surface area contributed by atoms with E-state index in [1.807, 2.05) is 18.5 Å². The van der Waals surface area contributed by atoms with Crippen molar-refractivity contribution in [3.63, 3.8) is 0 Å². The first-order chi connectivity index (χ1) is 5.65. The molecule has 1 aromatic rings. The average Bonchev–Trinajstić information content (AvgIpc) is 2.01. The van der Waals surface area contributed by atoms with Crippen LogP contribution in [0.4, 0.5) is 4.39 Å². The number of rotatable bonds is 2. The molecule has 1 aromatic carbocycles. The summed E-state index contributed by atoms with van der Waals surface area (Å²) in [7, 11) is 0. The third-order valence-corrected chi connectivity index (χ3v) is 1.95. The Morgan fingerprint density at radius 2 is 2.08 bits per heavy atom. The number of hydroxylamine groups is 1. The quantitative estimate of drug-likeness (QED) is 0.663. The highest BCUT2D eigenvalue weighted by Crippen LogP contribution is 2.14. The van der Waals surface area contributed by atoms with Crippen molar-refractivity contribution in [2.24, 2.45) is 0 Å². The molecule has 2 nitrogen and oxygen atoms in total. The summed E-state index contributed by atoms with van der Waals surface area (Å²) in [6.07, 6.45) is 0. The fourth-order valence-electron chi connectivity index (χ4n) is 1.08. The average molecular weight is 169 g/mol. The lowest BCUT2D eigenvalue weighted by Gasteiger charge is -2.05. The Balaban J connectivity index is 3.04. The van der Waals surface area contributed by atoms with E-state index >= 15 is 0 Å². The van der Waals surface area contributed by atoms with Crippen LogP contribution in [0.2, 0.25) is 0 Å². The van der Waals surface area contributed by atoms with E-state index in [0.29, 0.717) is 5.56 Å². The first-order valence-corrected chi connectivity index (χ1v) is 3.77. The Morgan fingerprint density at radius 1 is 1.42 bits per heavy atom. The number of benzene rings is 1. The number of hydrogen-bond acceptors (Lipinski definition) is 2. The third-order valence-electron chi connectivity index (χ3n) is 1.95. The van der Waals surface area contributed by atoms with Gasteiger partial charge in [-0.15, -0.1) is 0 Å². The molecular formula is C9H12FNO. The van der Waals surface area contributed by atoms with Crippen molar-refractivity contribution < 1.29 is 9.60 Å². The summed E-state index contributed by atoms with van der Waals surface area (Å²) in [5.74, 6) is -0.222. The van der Waals surface area contributed by atoms with Crippen LogP contribution in [-0.2, 0) is 6.54 Å². The first kappa shape index (κ1) is 9.16. The molecule has 0 fully saturated rings. The predicted octanol–water partition coefficient (Wildman–Crippen LogP) is 1.92. The summed E-state index contributed by atoms with van der Waals surface area (Å²) in [5, 5.41) is 8.40. The molecule has 0 atom stereocenters. The monoisotopic (exact) mass is 169 g/mol. The highest BCUT2D eigenvalue weighted by Gasteiger charge is 2.02. The summed E-state index contributed by atoms with van der Waals surface area (Å²) in [6, 6.07) is 3.27. The molecule has 0 spiro atoms. The van der Waals surface area contributed by atoms with Gasteiger partial charge < -0.3 is 5.21 Å². The number of nitrogens with one attached hydrogen (secondary N) is 1. The molecule has 0 aliphatic rings. The van der Waals surface area contributed by atoms with Crippen LogP contribution in [0, 0.1) is 19.7 Å². The second-order valence-corrected chi connectivity index (χ2v) is 2.85. The minimum Gasteiger partial charge on any atom is -0.316 e. The molecule has 0 aliphatic carbocycles. The van der Waals surface area contributed by atoms with Gasteiger partial charge in [0.15, 0.2) is 0 Å². The van der Waals surface area contributed by atoms with Crippen LogP contribution in [0.5, 0.6) is 0 Å². The van der Waals surface area contributed by atoms with Gasteiger partial charge in [0.1, 0.15) is 5.82 Å². The largest absolute Gasteiger partial charge is 0.316 e. The van der Waals surface area contributed by atoms with Crippen molar-refractivity contribution in [3.8, 4) is 0 Å². The van der Waals surface area contributed by atoms with Crippen LogP contribution in [-0.4, -0.2) is 5.21 Å². The van der Waals surface area contributed by atoms with Crippen LogP contribution >= 0.6 is 0 Å². The minimum absolute atomic E-state index is 0.222. The van der Waals surface area contributed by atoms with E-state index in [2.05, 4.69) is 0 Å². The van der Waals surface area contributed by atoms with Crippen molar-refractivity contribution >= 4 is 0 Å². The SMILES string of the molecule is Cc1cc(CNO)cc(F)c1C. The van der Waals surface area contributed by atoms with Gasteiger partial charge in [-0.25, -0.2) is 9.87 Å². The predicted molar refractivity (Wildman–Crippen MR) is 44.5 cm³/mol. The van der Waals surface area contributed by atoms with Crippen LogP contribution < -0.4 is 5.48 Å². The van der Waals surface area contributed by atoms with Crippen LogP contribution in [0.1, 0.15) is 16.7 Å². The van der Waals surface area contributed by atoms with Gasteiger partial charge in [0.05, 0.1) is 0 Å². The number of halogens is 1. The van der Waals surface area contributed by atoms with E-state index in [1.165, 1.54) is 6.07 Å². The second-order valence-electron chi connectivity index (χ2n) is 2.85. The minimum atomic E-state index is -0.222. The molecular weight excluding hydrogens is 157 g/mol. The molecule has 66 valence electrons. The van der Waals surface area contributed by atoms with E-state index in [9.17, 15) is 4.39 Å². The van der Waals surface area contributed by atoms with Gasteiger partial charge in [-0.3, -0.25) is 0 Å². The Kier molecular flexibility index (Phi) is 2.78. The van der Waals surface area contributed by atoms with Crippen LogP contribution in [0.3, 0.4) is 0 Å². The van der Waals surface area contributed by atoms with Crippen molar-refractivity contribution in [2.75, 3.05) is 0 Å². The van der Waals surface area contributed by atoms with Gasteiger partial charge in [0.25, 0.3) is 0 Å². The van der Waals surface area contributed by atoms with Crippen LogP contribution in [0.25, 0.3) is 0 Å². The maximum absolute atomic E-state index is 13.1. The van der Waals surface area contributed by atoms with E-state index in [-0.39, 0.29) is 12.4 Å². The molecule has 0 amide bonds. The Hall–Kier alpha value is -0.930. The normalized spacial score (nSPS) is 10.3. The third kappa shape index (κ3) is 1.81. The maximum Gasteiger partial charge on any atom is 0.126 e. The van der Waals surface area contributed by atoms with Gasteiger partial charge in [-0.05, 0) is 36.6 Å². The van der Waals surface area contributed by atoms with Gasteiger partial charge in [0.2, 0.25) is 0 Å². The highest BCUT2D eigenvalue weighted by atomic mass is 19.1. The summed E-state index contributed by atoms with van der Waals surface area (Å²) in [5.41, 5.74) is 4.31. The van der Waals surface area contributed by atoms with Gasteiger partial charge in [0, 0.05) is 6.54 Å². The highest BCUT2D eigenvalue weighted by molar-refractivity contribution is 5.31. The summed E-state index contributed by atoms with van der Waals surface area (Å²) in [4.78, 5) is 0.